The summed E-state index contributed by atoms with van der Waals surface area (Å²) in [5.41, 5.74) is 1.21. The van der Waals surface area contributed by atoms with Crippen molar-refractivity contribution in [2.75, 3.05) is 6.61 Å². The van der Waals surface area contributed by atoms with E-state index in [0.29, 0.717) is 11.3 Å². The fraction of sp³-hybridized carbons (Fsp3) is 0.389. The third-order valence-electron chi connectivity index (χ3n) is 3.62. The molecule has 2 rings (SSSR count). The van der Waals surface area contributed by atoms with Crippen LogP contribution in [0.2, 0.25) is 0 Å². The highest BCUT2D eigenvalue weighted by Gasteiger charge is 2.30. The zero-order valence-electron chi connectivity index (χ0n) is 14.2. The normalized spacial score (nSPS) is 13.2. The molecule has 6 nitrogen and oxygen atoms in total. The van der Waals surface area contributed by atoms with Gasteiger partial charge in [-0.25, -0.2) is 4.79 Å². The van der Waals surface area contributed by atoms with Crippen LogP contribution < -0.4 is 0 Å². The smallest absolute Gasteiger partial charge is 0.352 e. The summed E-state index contributed by atoms with van der Waals surface area (Å²) in [5.74, 6) is -0.328. The number of carbonyl (C=O) groups excluding carboxylic acids is 2. The molecule has 0 fully saturated rings. The first-order valence-corrected chi connectivity index (χ1v) is 7.78. The summed E-state index contributed by atoms with van der Waals surface area (Å²) in [4.78, 5) is 28.6. The molecule has 0 aliphatic rings. The molecular formula is C18H21NO5. The molecule has 2 unspecified atom stereocenters. The van der Waals surface area contributed by atoms with E-state index in [1.54, 1.807) is 45.2 Å². The van der Waals surface area contributed by atoms with E-state index >= 15 is 0 Å². The number of aryl methyl sites for hydroxylation is 2. The van der Waals surface area contributed by atoms with E-state index in [-0.39, 0.29) is 6.61 Å². The molecule has 0 radical (unpaired) electrons. The second kappa shape index (κ2) is 7.77. The number of pyridine rings is 1. The summed E-state index contributed by atoms with van der Waals surface area (Å²) < 4.78 is 15.9. The molecule has 2 aromatic rings. The number of ether oxygens (including phenoxy) is 2. The second-order valence-corrected chi connectivity index (χ2v) is 5.45. The molecule has 0 aliphatic heterocycles. The molecule has 2 heterocycles. The minimum atomic E-state index is -1.14. The third kappa shape index (κ3) is 4.01. The fourth-order valence-electron chi connectivity index (χ4n) is 2.43. The minimum absolute atomic E-state index is 0.197. The predicted octanol–water partition coefficient (Wildman–Crippen LogP) is 3.24. The molecule has 0 saturated carbocycles. The third-order valence-corrected chi connectivity index (χ3v) is 3.62. The summed E-state index contributed by atoms with van der Waals surface area (Å²) in [6.45, 7) is 7.20. The first-order valence-electron chi connectivity index (χ1n) is 7.78. The Kier molecular flexibility index (Phi) is 5.73. The van der Waals surface area contributed by atoms with Gasteiger partial charge in [0.05, 0.1) is 12.5 Å². The maximum Gasteiger partial charge on any atom is 0.352 e. The number of hydrogen-bond acceptors (Lipinski definition) is 6. The fourth-order valence-corrected chi connectivity index (χ4v) is 2.43. The first-order chi connectivity index (χ1) is 11.4. The molecule has 0 aromatic carbocycles. The van der Waals surface area contributed by atoms with Crippen LogP contribution in [-0.2, 0) is 19.1 Å². The molecule has 2 atom stereocenters. The number of furan rings is 1. The zero-order chi connectivity index (χ0) is 17.7. The highest BCUT2D eigenvalue weighted by atomic mass is 16.6. The first kappa shape index (κ1) is 17.7. The van der Waals surface area contributed by atoms with Crippen LogP contribution >= 0.6 is 0 Å². The Labute approximate surface area is 140 Å². The molecule has 0 saturated heterocycles. The minimum Gasteiger partial charge on any atom is -0.466 e. The Morgan fingerprint density at radius 2 is 2.04 bits per heavy atom. The van der Waals surface area contributed by atoms with Crippen molar-refractivity contribution in [3.8, 4) is 0 Å². The van der Waals surface area contributed by atoms with Crippen molar-refractivity contribution in [2.45, 2.75) is 39.7 Å². The Bertz CT molecular complexity index is 707. The van der Waals surface area contributed by atoms with Gasteiger partial charge in [0, 0.05) is 23.5 Å². The summed E-state index contributed by atoms with van der Waals surface area (Å²) in [6.07, 6.45) is 1.92. The van der Waals surface area contributed by atoms with E-state index in [9.17, 15) is 9.59 Å². The predicted molar refractivity (Wildman–Crippen MR) is 86.3 cm³/mol. The molecule has 24 heavy (non-hydrogen) atoms. The van der Waals surface area contributed by atoms with Crippen molar-refractivity contribution in [3.63, 3.8) is 0 Å². The number of carbonyl (C=O) groups is 2. The van der Waals surface area contributed by atoms with E-state index in [0.717, 1.165) is 11.3 Å². The van der Waals surface area contributed by atoms with Gasteiger partial charge < -0.3 is 13.9 Å². The SMILES string of the molecule is CCOC(=O)C(OC(=O)C(C)c1cc(C)oc1C)c1cccnc1. The standard InChI is InChI=1S/C18H21NO5/c1-5-22-18(21)16(14-7-6-8-19-10-14)24-17(20)12(3)15-9-11(2)23-13(15)4/h6-10,12,16H,5H2,1-4H3. The van der Waals surface area contributed by atoms with Gasteiger partial charge >= 0.3 is 11.9 Å². The quantitative estimate of drug-likeness (QED) is 0.756. The average molecular weight is 331 g/mol. The van der Waals surface area contributed by atoms with Gasteiger partial charge in [0.1, 0.15) is 11.5 Å². The van der Waals surface area contributed by atoms with Gasteiger partial charge in [-0.05, 0) is 39.8 Å². The largest absolute Gasteiger partial charge is 0.466 e. The Morgan fingerprint density at radius 1 is 1.29 bits per heavy atom. The lowest BCUT2D eigenvalue weighted by Gasteiger charge is -2.19. The lowest BCUT2D eigenvalue weighted by atomic mass is 10.0. The van der Waals surface area contributed by atoms with Crippen molar-refractivity contribution >= 4 is 11.9 Å². The van der Waals surface area contributed by atoms with Crippen molar-refractivity contribution in [3.05, 3.63) is 53.2 Å². The highest BCUT2D eigenvalue weighted by molar-refractivity contribution is 5.83. The van der Waals surface area contributed by atoms with Crippen molar-refractivity contribution in [1.82, 2.24) is 4.98 Å². The molecular weight excluding hydrogens is 310 g/mol. The monoisotopic (exact) mass is 331 g/mol. The molecule has 2 aromatic heterocycles. The molecule has 128 valence electrons. The Hall–Kier alpha value is -2.63. The van der Waals surface area contributed by atoms with Crippen molar-refractivity contribution in [1.29, 1.82) is 0 Å². The van der Waals surface area contributed by atoms with Crippen LogP contribution in [0.15, 0.2) is 35.0 Å². The van der Waals surface area contributed by atoms with Crippen LogP contribution in [-0.4, -0.2) is 23.5 Å². The number of nitrogens with zero attached hydrogens (tertiary/aromatic N) is 1. The number of hydrogen-bond donors (Lipinski definition) is 0. The van der Waals surface area contributed by atoms with Gasteiger partial charge in [-0.15, -0.1) is 0 Å². The van der Waals surface area contributed by atoms with Gasteiger partial charge in [-0.2, -0.15) is 0 Å². The number of aromatic nitrogens is 1. The molecule has 0 N–H and O–H groups in total. The molecule has 0 amide bonds. The summed E-state index contributed by atoms with van der Waals surface area (Å²) in [5, 5.41) is 0. The number of rotatable bonds is 6. The Balaban J connectivity index is 2.21. The average Bonchev–Trinajstić information content (AvgIpc) is 2.91. The van der Waals surface area contributed by atoms with Gasteiger partial charge in [-0.3, -0.25) is 9.78 Å². The topological polar surface area (TPSA) is 78.6 Å². The second-order valence-electron chi connectivity index (χ2n) is 5.45. The van der Waals surface area contributed by atoms with Gasteiger partial charge in [0.2, 0.25) is 6.10 Å². The van der Waals surface area contributed by atoms with Gasteiger partial charge in [0.25, 0.3) is 0 Å². The molecule has 0 spiro atoms. The summed E-state index contributed by atoms with van der Waals surface area (Å²) in [6, 6.07) is 5.13. The van der Waals surface area contributed by atoms with Crippen LogP contribution in [0.5, 0.6) is 0 Å². The van der Waals surface area contributed by atoms with Crippen LogP contribution in [0.3, 0.4) is 0 Å². The Morgan fingerprint density at radius 3 is 2.58 bits per heavy atom. The molecule has 0 aliphatic carbocycles. The van der Waals surface area contributed by atoms with E-state index in [4.69, 9.17) is 13.9 Å². The molecule has 0 bridgehead atoms. The number of esters is 2. The zero-order valence-corrected chi connectivity index (χ0v) is 14.2. The maximum absolute atomic E-state index is 12.5. The van der Waals surface area contributed by atoms with Gasteiger partial charge in [0.15, 0.2) is 0 Å². The van der Waals surface area contributed by atoms with Crippen LogP contribution in [0, 0.1) is 13.8 Å². The van der Waals surface area contributed by atoms with E-state index in [2.05, 4.69) is 4.98 Å². The van der Waals surface area contributed by atoms with E-state index in [1.807, 2.05) is 6.92 Å². The van der Waals surface area contributed by atoms with Crippen LogP contribution in [0.25, 0.3) is 0 Å². The lowest BCUT2D eigenvalue weighted by Crippen LogP contribution is -2.24. The molecule has 6 heteroatoms. The van der Waals surface area contributed by atoms with Crippen LogP contribution in [0.1, 0.15) is 48.5 Å². The summed E-state index contributed by atoms with van der Waals surface area (Å²) in [7, 11) is 0. The maximum atomic E-state index is 12.5. The summed E-state index contributed by atoms with van der Waals surface area (Å²) >= 11 is 0. The lowest BCUT2D eigenvalue weighted by molar-refractivity contribution is -0.169. The van der Waals surface area contributed by atoms with Crippen molar-refractivity contribution in [2.24, 2.45) is 0 Å². The van der Waals surface area contributed by atoms with Crippen molar-refractivity contribution < 1.29 is 23.5 Å². The van der Waals surface area contributed by atoms with Crippen LogP contribution in [0.4, 0.5) is 0 Å². The van der Waals surface area contributed by atoms with Gasteiger partial charge in [-0.1, -0.05) is 6.07 Å². The van der Waals surface area contributed by atoms with E-state index < -0.39 is 24.0 Å². The van der Waals surface area contributed by atoms with E-state index in [1.165, 1.54) is 6.20 Å². The highest BCUT2D eigenvalue weighted by Crippen LogP contribution is 2.27.